The lowest BCUT2D eigenvalue weighted by Crippen LogP contribution is -2.28. The molecule has 0 aromatic carbocycles. The Morgan fingerprint density at radius 1 is 1.56 bits per heavy atom. The fourth-order valence-corrected chi connectivity index (χ4v) is 1.99. The van der Waals surface area contributed by atoms with E-state index in [1.54, 1.807) is 0 Å². The van der Waals surface area contributed by atoms with Gasteiger partial charge in [-0.15, -0.1) is 0 Å². The predicted octanol–water partition coefficient (Wildman–Crippen LogP) is 2.10. The summed E-state index contributed by atoms with van der Waals surface area (Å²) in [7, 11) is 0. The second kappa shape index (κ2) is 5.67. The lowest BCUT2D eigenvalue weighted by atomic mass is 10.3. The van der Waals surface area contributed by atoms with E-state index in [0.29, 0.717) is 18.4 Å². The quantitative estimate of drug-likeness (QED) is 0.831. The largest absolute Gasteiger partial charge is 0.354 e. The summed E-state index contributed by atoms with van der Waals surface area (Å²) in [5, 5.41) is 11.9. The minimum Gasteiger partial charge on any atom is -0.354 e. The van der Waals surface area contributed by atoms with E-state index < -0.39 is 0 Å². The van der Waals surface area contributed by atoms with Crippen molar-refractivity contribution in [3.05, 3.63) is 11.8 Å². The van der Waals surface area contributed by atoms with Gasteiger partial charge in [-0.2, -0.15) is 10.2 Å². The van der Waals surface area contributed by atoms with Crippen molar-refractivity contribution in [3.8, 4) is 6.07 Å². The van der Waals surface area contributed by atoms with Crippen LogP contribution in [0.2, 0.25) is 0 Å². The zero-order valence-corrected chi connectivity index (χ0v) is 11.0. The van der Waals surface area contributed by atoms with Crippen LogP contribution < -0.4 is 10.2 Å². The Hall–Kier alpha value is -1.83. The van der Waals surface area contributed by atoms with Crippen LogP contribution in [0, 0.1) is 18.3 Å². The van der Waals surface area contributed by atoms with Crippen molar-refractivity contribution >= 4 is 11.8 Å². The monoisotopic (exact) mass is 245 g/mol. The topological polar surface area (TPSA) is 64.8 Å². The third-order valence-electron chi connectivity index (χ3n) is 3.00. The summed E-state index contributed by atoms with van der Waals surface area (Å²) in [5.41, 5.74) is 1.07. The third kappa shape index (κ3) is 2.89. The van der Waals surface area contributed by atoms with Gasteiger partial charge in [-0.25, -0.2) is 4.98 Å². The van der Waals surface area contributed by atoms with Crippen LogP contribution in [-0.2, 0) is 0 Å². The van der Waals surface area contributed by atoms with Gasteiger partial charge in [0.05, 0.1) is 12.5 Å². The van der Waals surface area contributed by atoms with E-state index in [0.717, 1.165) is 24.5 Å². The molecule has 18 heavy (non-hydrogen) atoms. The highest BCUT2D eigenvalue weighted by molar-refractivity contribution is 5.50. The number of anilines is 2. The molecular formula is C13H19N5. The van der Waals surface area contributed by atoms with Crippen molar-refractivity contribution in [3.63, 3.8) is 0 Å². The van der Waals surface area contributed by atoms with E-state index in [1.165, 1.54) is 12.8 Å². The molecule has 96 valence electrons. The molecule has 1 N–H and O–H groups in total. The van der Waals surface area contributed by atoms with E-state index in [-0.39, 0.29) is 0 Å². The highest BCUT2D eigenvalue weighted by atomic mass is 15.3. The number of nitrogens with one attached hydrogen (secondary N) is 1. The molecular weight excluding hydrogens is 226 g/mol. The number of rotatable bonds is 6. The van der Waals surface area contributed by atoms with Gasteiger partial charge in [-0.3, -0.25) is 0 Å². The Kier molecular flexibility index (Phi) is 3.98. The average molecular weight is 245 g/mol. The maximum atomic E-state index is 8.75. The number of nitriles is 1. The number of aryl methyl sites for hydroxylation is 1. The summed E-state index contributed by atoms with van der Waals surface area (Å²) in [6, 6.07) is 2.77. The van der Waals surface area contributed by atoms with Crippen molar-refractivity contribution in [2.24, 2.45) is 0 Å². The van der Waals surface area contributed by atoms with Gasteiger partial charge in [0.15, 0.2) is 0 Å². The summed E-state index contributed by atoms with van der Waals surface area (Å²) >= 11 is 0. The average Bonchev–Trinajstić information content (AvgIpc) is 3.18. The standard InChI is InChI=1S/C13H19N5/c1-3-15-13-16-9-10(2)12(17-13)18(8-4-7-14)11-5-6-11/h9,11H,3-6,8H2,1-2H3,(H,15,16,17). The molecule has 0 saturated heterocycles. The molecule has 1 heterocycles. The first-order valence-electron chi connectivity index (χ1n) is 6.47. The SMILES string of the molecule is CCNc1ncc(C)c(N(CCC#N)C2CC2)n1. The van der Waals surface area contributed by atoms with Gasteiger partial charge in [0.1, 0.15) is 5.82 Å². The van der Waals surface area contributed by atoms with E-state index >= 15 is 0 Å². The maximum absolute atomic E-state index is 8.75. The van der Waals surface area contributed by atoms with Crippen LogP contribution >= 0.6 is 0 Å². The summed E-state index contributed by atoms with van der Waals surface area (Å²) in [6.07, 6.45) is 4.79. The minimum atomic E-state index is 0.538. The lowest BCUT2D eigenvalue weighted by molar-refractivity contribution is 0.771. The van der Waals surface area contributed by atoms with Gasteiger partial charge in [0.25, 0.3) is 0 Å². The van der Waals surface area contributed by atoms with Crippen molar-refractivity contribution in [1.29, 1.82) is 5.26 Å². The van der Waals surface area contributed by atoms with Crippen molar-refractivity contribution in [1.82, 2.24) is 9.97 Å². The Labute approximate surface area is 108 Å². The first-order chi connectivity index (χ1) is 8.76. The zero-order valence-electron chi connectivity index (χ0n) is 11.0. The number of nitrogens with zero attached hydrogens (tertiary/aromatic N) is 4. The number of aromatic nitrogens is 2. The van der Waals surface area contributed by atoms with E-state index in [1.807, 2.05) is 20.0 Å². The van der Waals surface area contributed by atoms with Gasteiger partial charge >= 0.3 is 0 Å². The molecule has 1 aromatic heterocycles. The predicted molar refractivity (Wildman–Crippen MR) is 71.5 cm³/mol. The molecule has 0 amide bonds. The second-order valence-corrected chi connectivity index (χ2v) is 4.56. The van der Waals surface area contributed by atoms with Crippen LogP contribution in [0.15, 0.2) is 6.20 Å². The Morgan fingerprint density at radius 2 is 2.33 bits per heavy atom. The second-order valence-electron chi connectivity index (χ2n) is 4.56. The van der Waals surface area contributed by atoms with Crippen molar-refractivity contribution in [2.75, 3.05) is 23.3 Å². The highest BCUT2D eigenvalue weighted by Gasteiger charge is 2.30. The highest BCUT2D eigenvalue weighted by Crippen LogP contribution is 2.32. The Morgan fingerprint density at radius 3 is 2.94 bits per heavy atom. The molecule has 0 unspecified atom stereocenters. The normalized spacial score (nSPS) is 14.1. The molecule has 1 saturated carbocycles. The first kappa shape index (κ1) is 12.6. The summed E-state index contributed by atoms with van der Waals surface area (Å²) in [5.74, 6) is 1.64. The van der Waals surface area contributed by atoms with Crippen molar-refractivity contribution in [2.45, 2.75) is 39.2 Å². The minimum absolute atomic E-state index is 0.538. The molecule has 1 aliphatic carbocycles. The molecule has 5 nitrogen and oxygen atoms in total. The number of hydrogen-bond donors (Lipinski definition) is 1. The summed E-state index contributed by atoms with van der Waals surface area (Å²) < 4.78 is 0. The molecule has 1 fully saturated rings. The Bertz CT molecular complexity index is 447. The smallest absolute Gasteiger partial charge is 0.224 e. The molecule has 0 atom stereocenters. The van der Waals surface area contributed by atoms with E-state index in [9.17, 15) is 0 Å². The number of hydrogen-bond acceptors (Lipinski definition) is 5. The first-order valence-corrected chi connectivity index (χ1v) is 6.47. The van der Waals surface area contributed by atoms with E-state index in [4.69, 9.17) is 5.26 Å². The summed E-state index contributed by atoms with van der Waals surface area (Å²) in [6.45, 7) is 5.61. The fourth-order valence-electron chi connectivity index (χ4n) is 1.99. The molecule has 1 aromatic rings. The lowest BCUT2D eigenvalue weighted by Gasteiger charge is -2.24. The molecule has 0 spiro atoms. The van der Waals surface area contributed by atoms with Crippen LogP contribution in [0.25, 0.3) is 0 Å². The van der Waals surface area contributed by atoms with Crippen LogP contribution in [0.1, 0.15) is 31.7 Å². The molecule has 0 radical (unpaired) electrons. The van der Waals surface area contributed by atoms with Gasteiger partial charge in [-0.05, 0) is 26.7 Å². The van der Waals surface area contributed by atoms with E-state index in [2.05, 4.69) is 26.3 Å². The van der Waals surface area contributed by atoms with Gasteiger partial charge in [0, 0.05) is 30.9 Å². The van der Waals surface area contributed by atoms with Gasteiger partial charge in [-0.1, -0.05) is 0 Å². The van der Waals surface area contributed by atoms with Crippen LogP contribution in [0.3, 0.4) is 0 Å². The van der Waals surface area contributed by atoms with Gasteiger partial charge < -0.3 is 10.2 Å². The molecule has 1 aliphatic rings. The van der Waals surface area contributed by atoms with Crippen LogP contribution in [-0.4, -0.2) is 29.1 Å². The third-order valence-corrected chi connectivity index (χ3v) is 3.00. The van der Waals surface area contributed by atoms with Crippen molar-refractivity contribution < 1.29 is 0 Å². The molecule has 0 bridgehead atoms. The molecule has 5 heteroatoms. The van der Waals surface area contributed by atoms with Gasteiger partial charge in [0.2, 0.25) is 5.95 Å². The fraction of sp³-hybridized carbons (Fsp3) is 0.615. The maximum Gasteiger partial charge on any atom is 0.224 e. The zero-order chi connectivity index (χ0) is 13.0. The summed E-state index contributed by atoms with van der Waals surface area (Å²) in [4.78, 5) is 11.1. The van der Waals surface area contributed by atoms with Crippen LogP contribution in [0.4, 0.5) is 11.8 Å². The Balaban J connectivity index is 2.22. The molecule has 0 aliphatic heterocycles. The van der Waals surface area contributed by atoms with Crippen LogP contribution in [0.5, 0.6) is 0 Å². The molecule has 2 rings (SSSR count).